The van der Waals surface area contributed by atoms with Crippen LogP contribution in [-0.4, -0.2) is 36.7 Å². The van der Waals surface area contributed by atoms with Gasteiger partial charge in [-0.3, -0.25) is 9.59 Å². The summed E-state index contributed by atoms with van der Waals surface area (Å²) in [7, 11) is 0. The molecule has 1 aliphatic rings. The maximum absolute atomic E-state index is 13.0. The summed E-state index contributed by atoms with van der Waals surface area (Å²) in [5.74, 6) is -0.785. The Morgan fingerprint density at radius 1 is 0.897 bits per heavy atom. The van der Waals surface area contributed by atoms with Crippen LogP contribution in [0.15, 0.2) is 72.8 Å². The Kier molecular flexibility index (Phi) is 10.4. The number of nitrogens with zero attached hydrogens (tertiary/aromatic N) is 1. The molecule has 0 aliphatic carbocycles. The van der Waals surface area contributed by atoms with Gasteiger partial charge in [-0.05, 0) is 73.6 Å². The highest BCUT2D eigenvalue weighted by Crippen LogP contribution is 2.24. The normalized spacial score (nSPS) is 14.3. The fourth-order valence-corrected chi connectivity index (χ4v) is 5.11. The fourth-order valence-electron chi connectivity index (χ4n) is 5.11. The van der Waals surface area contributed by atoms with Gasteiger partial charge < -0.3 is 20.1 Å². The van der Waals surface area contributed by atoms with Crippen molar-refractivity contribution in [1.29, 1.82) is 0 Å². The second kappa shape index (κ2) is 14.4. The van der Waals surface area contributed by atoms with Gasteiger partial charge >= 0.3 is 5.97 Å². The molecule has 0 saturated carbocycles. The zero-order valence-corrected chi connectivity index (χ0v) is 22.9. The number of carboxylic acids is 1. The number of carboxylic acid groups (broad SMARTS) is 1. The predicted octanol–water partition coefficient (Wildman–Crippen LogP) is 6.27. The van der Waals surface area contributed by atoms with Crippen LogP contribution in [0.25, 0.3) is 0 Å². The summed E-state index contributed by atoms with van der Waals surface area (Å²) in [6, 6.07) is 23.3. The van der Waals surface area contributed by atoms with E-state index >= 15 is 0 Å². The van der Waals surface area contributed by atoms with Crippen molar-refractivity contribution in [2.24, 2.45) is 5.92 Å². The molecule has 0 unspecified atom stereocenters. The average molecular weight is 529 g/mol. The minimum Gasteiger partial charge on any atom is -0.493 e. The number of hydrogen-bond donors (Lipinski definition) is 2. The molecule has 39 heavy (non-hydrogen) atoms. The molecule has 0 aromatic heterocycles. The maximum atomic E-state index is 13.0. The first-order chi connectivity index (χ1) is 19.0. The maximum Gasteiger partial charge on any atom is 0.307 e. The molecule has 1 heterocycles. The van der Waals surface area contributed by atoms with Gasteiger partial charge in [0.05, 0.1) is 12.5 Å². The summed E-state index contributed by atoms with van der Waals surface area (Å²) in [6.07, 6.45) is 6.72. The van der Waals surface area contributed by atoms with Gasteiger partial charge in [0.1, 0.15) is 5.75 Å². The highest BCUT2D eigenvalue weighted by atomic mass is 16.5. The quantitative estimate of drug-likeness (QED) is 0.290. The number of nitrogens with one attached hydrogen (secondary N) is 1. The number of amides is 1. The molecule has 6 heteroatoms. The van der Waals surface area contributed by atoms with Crippen molar-refractivity contribution in [2.75, 3.05) is 24.6 Å². The minimum atomic E-state index is -0.816. The molecule has 3 aromatic carbocycles. The number of hydrogen-bond acceptors (Lipinski definition) is 4. The van der Waals surface area contributed by atoms with Crippen molar-refractivity contribution in [3.8, 4) is 5.75 Å². The van der Waals surface area contributed by atoms with Crippen LogP contribution in [0.4, 0.5) is 5.69 Å². The molecule has 1 amide bonds. The third-order valence-electron chi connectivity index (χ3n) is 7.28. The monoisotopic (exact) mass is 528 g/mol. The highest BCUT2D eigenvalue weighted by molar-refractivity contribution is 5.94. The van der Waals surface area contributed by atoms with Crippen LogP contribution in [0.1, 0.15) is 66.1 Å². The average Bonchev–Trinajstić information content (AvgIpc) is 3.25. The van der Waals surface area contributed by atoms with Crippen molar-refractivity contribution < 1.29 is 19.4 Å². The van der Waals surface area contributed by atoms with Crippen molar-refractivity contribution in [3.05, 3.63) is 95.1 Å². The van der Waals surface area contributed by atoms with Gasteiger partial charge in [0, 0.05) is 36.4 Å². The smallest absolute Gasteiger partial charge is 0.307 e. The number of anilines is 1. The molecule has 3 aromatic rings. The summed E-state index contributed by atoms with van der Waals surface area (Å²) < 4.78 is 5.95. The third kappa shape index (κ3) is 8.34. The first-order valence-corrected chi connectivity index (χ1v) is 14.2. The van der Waals surface area contributed by atoms with E-state index in [2.05, 4.69) is 10.2 Å². The van der Waals surface area contributed by atoms with Crippen LogP contribution >= 0.6 is 0 Å². The lowest BCUT2D eigenvalue weighted by molar-refractivity contribution is -0.141. The van der Waals surface area contributed by atoms with Gasteiger partial charge in [0.25, 0.3) is 5.91 Å². The van der Waals surface area contributed by atoms with Crippen LogP contribution in [0.2, 0.25) is 0 Å². The second-order valence-electron chi connectivity index (χ2n) is 10.4. The summed E-state index contributed by atoms with van der Waals surface area (Å²) in [5.41, 5.74) is 4.55. The van der Waals surface area contributed by atoms with Crippen molar-refractivity contribution in [1.82, 2.24) is 5.32 Å². The Hall–Kier alpha value is -3.80. The second-order valence-corrected chi connectivity index (χ2v) is 10.4. The Bertz CT molecular complexity index is 1200. The SMILES string of the molecule is CCCOc1ccc(C[C@@H](Cc2ccccc2)C(=O)O)cc1CNC(=O)c1ccc(N2CCCCCC2)cc1. The van der Waals surface area contributed by atoms with Gasteiger partial charge in [-0.25, -0.2) is 0 Å². The van der Waals surface area contributed by atoms with Gasteiger partial charge in [-0.2, -0.15) is 0 Å². The molecule has 6 nitrogen and oxygen atoms in total. The van der Waals surface area contributed by atoms with E-state index in [1.807, 2.05) is 79.7 Å². The first-order valence-electron chi connectivity index (χ1n) is 14.2. The molecule has 0 bridgehead atoms. The minimum absolute atomic E-state index is 0.142. The van der Waals surface area contributed by atoms with E-state index in [9.17, 15) is 14.7 Å². The molecule has 4 rings (SSSR count). The van der Waals surface area contributed by atoms with Gasteiger partial charge in [-0.1, -0.05) is 62.2 Å². The summed E-state index contributed by atoms with van der Waals surface area (Å²) in [5, 5.41) is 12.9. The Morgan fingerprint density at radius 2 is 1.59 bits per heavy atom. The molecular formula is C33H40N2O4. The first kappa shape index (κ1) is 28.2. The predicted molar refractivity (Wildman–Crippen MR) is 155 cm³/mol. The van der Waals surface area contributed by atoms with E-state index in [1.54, 1.807) is 0 Å². The zero-order valence-electron chi connectivity index (χ0n) is 22.9. The lowest BCUT2D eigenvalue weighted by atomic mass is 9.92. The number of carbonyl (C=O) groups is 2. The summed E-state index contributed by atoms with van der Waals surface area (Å²) >= 11 is 0. The summed E-state index contributed by atoms with van der Waals surface area (Å²) in [6.45, 7) is 5.05. The zero-order chi connectivity index (χ0) is 27.5. The number of benzene rings is 3. The van der Waals surface area contributed by atoms with E-state index in [1.165, 1.54) is 31.4 Å². The van der Waals surface area contributed by atoms with Gasteiger partial charge in [-0.15, -0.1) is 0 Å². The molecule has 0 radical (unpaired) electrons. The molecule has 206 valence electrons. The summed E-state index contributed by atoms with van der Waals surface area (Å²) in [4.78, 5) is 27.4. The molecule has 1 fully saturated rings. The van der Waals surface area contributed by atoms with Crippen molar-refractivity contribution >= 4 is 17.6 Å². The van der Waals surface area contributed by atoms with E-state index in [-0.39, 0.29) is 5.91 Å². The van der Waals surface area contributed by atoms with Crippen LogP contribution < -0.4 is 15.0 Å². The third-order valence-corrected chi connectivity index (χ3v) is 7.28. The van der Waals surface area contributed by atoms with Crippen LogP contribution in [0.3, 0.4) is 0 Å². The number of ether oxygens (including phenoxy) is 1. The molecule has 0 spiro atoms. The molecule has 1 atom stereocenters. The lowest BCUT2D eigenvalue weighted by Gasteiger charge is -2.22. The Morgan fingerprint density at radius 3 is 2.26 bits per heavy atom. The molecule has 1 saturated heterocycles. The lowest BCUT2D eigenvalue weighted by Crippen LogP contribution is -2.25. The van der Waals surface area contributed by atoms with Crippen LogP contribution in [-0.2, 0) is 24.2 Å². The van der Waals surface area contributed by atoms with E-state index in [0.29, 0.717) is 37.3 Å². The highest BCUT2D eigenvalue weighted by Gasteiger charge is 2.20. The number of aliphatic carboxylic acids is 1. The number of carbonyl (C=O) groups excluding carboxylic acids is 1. The molecule has 1 aliphatic heterocycles. The van der Waals surface area contributed by atoms with Gasteiger partial charge in [0.15, 0.2) is 0 Å². The van der Waals surface area contributed by atoms with Crippen LogP contribution in [0.5, 0.6) is 5.75 Å². The molecular weight excluding hydrogens is 488 g/mol. The van der Waals surface area contributed by atoms with Crippen LogP contribution in [0, 0.1) is 5.92 Å². The topological polar surface area (TPSA) is 78.9 Å². The van der Waals surface area contributed by atoms with Crippen molar-refractivity contribution in [2.45, 2.75) is 58.4 Å². The van der Waals surface area contributed by atoms with E-state index < -0.39 is 11.9 Å². The van der Waals surface area contributed by atoms with Crippen molar-refractivity contribution in [3.63, 3.8) is 0 Å². The van der Waals surface area contributed by atoms with E-state index in [4.69, 9.17) is 4.74 Å². The van der Waals surface area contributed by atoms with Gasteiger partial charge in [0.2, 0.25) is 0 Å². The fraction of sp³-hybridized carbons (Fsp3) is 0.394. The Balaban J connectivity index is 1.43. The Labute approximate surface area is 232 Å². The largest absolute Gasteiger partial charge is 0.493 e. The van der Waals surface area contributed by atoms with E-state index in [0.717, 1.165) is 36.2 Å². The standard InChI is InChI=1S/C33H40N2O4/c1-2-20-39-31-17-12-26(22-28(33(37)38)21-25-10-6-5-7-11-25)23-29(31)24-34-32(36)27-13-15-30(16-14-27)35-18-8-3-4-9-19-35/h5-7,10-17,23,28H,2-4,8-9,18-22,24H2,1H3,(H,34,36)(H,37,38)/t28-/m1/s1. The molecule has 2 N–H and O–H groups in total. The number of rotatable bonds is 12.